The zero-order valence-electron chi connectivity index (χ0n) is 16.7. The van der Waals surface area contributed by atoms with Crippen LogP contribution < -0.4 is 24.8 Å². The molecule has 0 heterocycles. The predicted octanol–water partition coefficient (Wildman–Crippen LogP) is 4.19. The van der Waals surface area contributed by atoms with Gasteiger partial charge in [-0.2, -0.15) is 0 Å². The summed E-state index contributed by atoms with van der Waals surface area (Å²) in [6.45, 7) is 6.09. The van der Waals surface area contributed by atoms with E-state index in [0.717, 1.165) is 11.1 Å². The fourth-order valence-corrected chi connectivity index (χ4v) is 2.54. The van der Waals surface area contributed by atoms with Crippen molar-refractivity contribution in [1.29, 1.82) is 0 Å². The maximum absolute atomic E-state index is 12.2. The second-order valence-corrected chi connectivity index (χ2v) is 6.54. The number of hydrogen-bond acceptors (Lipinski definition) is 5. The molecule has 0 aliphatic rings. The second-order valence-electron chi connectivity index (χ2n) is 6.13. The Balaban J connectivity index is 1.97. The number of thiocarbonyl (C=S) groups is 1. The molecule has 6 nitrogen and oxygen atoms in total. The predicted molar refractivity (Wildman–Crippen MR) is 120 cm³/mol. The molecule has 152 valence electrons. The number of amides is 1. The first-order valence-electron chi connectivity index (χ1n) is 8.81. The Morgan fingerprint density at radius 3 is 2.52 bits per heavy atom. The van der Waals surface area contributed by atoms with Crippen molar-refractivity contribution < 1.29 is 19.0 Å². The van der Waals surface area contributed by atoms with Gasteiger partial charge in [-0.15, -0.1) is 0 Å². The third-order valence-electron chi connectivity index (χ3n) is 3.68. The van der Waals surface area contributed by atoms with E-state index < -0.39 is 0 Å². The summed E-state index contributed by atoms with van der Waals surface area (Å²) in [6, 6.07) is 12.7. The molecule has 2 aromatic carbocycles. The van der Waals surface area contributed by atoms with Crippen molar-refractivity contribution in [2.75, 3.05) is 26.1 Å². The van der Waals surface area contributed by atoms with Gasteiger partial charge >= 0.3 is 0 Å². The monoisotopic (exact) mass is 412 g/mol. The molecule has 0 spiro atoms. The molecule has 0 bridgehead atoms. The third-order valence-corrected chi connectivity index (χ3v) is 3.88. The summed E-state index contributed by atoms with van der Waals surface area (Å²) in [7, 11) is 3.12. The first kappa shape index (κ1) is 22.0. The normalized spacial score (nSPS) is 10.3. The molecule has 29 heavy (non-hydrogen) atoms. The van der Waals surface area contributed by atoms with Gasteiger partial charge in [-0.25, -0.2) is 0 Å². The Labute approximate surface area is 176 Å². The summed E-state index contributed by atoms with van der Waals surface area (Å²) in [5.41, 5.74) is 2.34. The van der Waals surface area contributed by atoms with E-state index in [9.17, 15) is 4.79 Å². The van der Waals surface area contributed by atoms with Crippen LogP contribution >= 0.6 is 12.2 Å². The minimum absolute atomic E-state index is 0.165. The van der Waals surface area contributed by atoms with Crippen LogP contribution in [-0.4, -0.2) is 31.8 Å². The Bertz CT molecular complexity index is 925. The molecule has 0 saturated heterocycles. The smallest absolute Gasteiger partial charge is 0.250 e. The summed E-state index contributed by atoms with van der Waals surface area (Å²) in [5.74, 6) is 1.45. The van der Waals surface area contributed by atoms with Crippen LogP contribution in [0.25, 0.3) is 6.08 Å². The Kier molecular flexibility index (Phi) is 8.24. The molecule has 0 unspecified atom stereocenters. The molecular formula is C22H24N2O4S. The number of carbonyl (C=O) groups excluding carboxylic acids is 1. The standard InChI is InChI=1S/C22H24N2O4S/c1-15(2)14-28-18-8-6-5-7-17(18)23-22(29)24-21(25)12-10-16-9-11-19(26-3)20(13-16)27-4/h5-13H,1,14H2,2-4H3,(H2,23,24,25,29)/b12-10+. The van der Waals surface area contributed by atoms with E-state index in [1.807, 2.05) is 37.3 Å². The van der Waals surface area contributed by atoms with Crippen molar-refractivity contribution in [1.82, 2.24) is 5.32 Å². The molecule has 0 fully saturated rings. The fraction of sp³-hybridized carbons (Fsp3) is 0.182. The van der Waals surface area contributed by atoms with Gasteiger partial charge in [0.05, 0.1) is 19.9 Å². The van der Waals surface area contributed by atoms with Crippen LogP contribution in [0.15, 0.2) is 60.7 Å². The second kappa shape index (κ2) is 10.9. The Morgan fingerprint density at radius 1 is 1.10 bits per heavy atom. The highest BCUT2D eigenvalue weighted by molar-refractivity contribution is 7.80. The SMILES string of the molecule is C=C(C)COc1ccccc1NC(=S)NC(=O)/C=C/c1ccc(OC)c(OC)c1. The minimum Gasteiger partial charge on any atom is -0.493 e. The van der Waals surface area contributed by atoms with Crippen LogP contribution in [0.2, 0.25) is 0 Å². The van der Waals surface area contributed by atoms with Crippen LogP contribution in [0, 0.1) is 0 Å². The molecule has 1 amide bonds. The molecule has 0 aliphatic carbocycles. The highest BCUT2D eigenvalue weighted by atomic mass is 32.1. The van der Waals surface area contributed by atoms with Crippen LogP contribution in [0.1, 0.15) is 12.5 Å². The lowest BCUT2D eigenvalue weighted by Gasteiger charge is -2.13. The van der Waals surface area contributed by atoms with E-state index in [-0.39, 0.29) is 11.0 Å². The minimum atomic E-state index is -0.363. The summed E-state index contributed by atoms with van der Waals surface area (Å²) in [6.07, 6.45) is 3.04. The van der Waals surface area contributed by atoms with Gasteiger partial charge < -0.3 is 19.5 Å². The molecule has 2 rings (SSSR count). The largest absolute Gasteiger partial charge is 0.493 e. The Hall–Kier alpha value is -3.32. The number of methoxy groups -OCH3 is 2. The zero-order valence-corrected chi connectivity index (χ0v) is 17.5. The van der Waals surface area contributed by atoms with Crippen molar-refractivity contribution in [3.8, 4) is 17.2 Å². The number of para-hydroxylation sites is 2. The summed E-state index contributed by atoms with van der Waals surface area (Å²) in [5, 5.41) is 5.74. The topological polar surface area (TPSA) is 68.8 Å². The zero-order chi connectivity index (χ0) is 21.2. The number of benzene rings is 2. The molecule has 0 aliphatic heterocycles. The Morgan fingerprint density at radius 2 is 1.83 bits per heavy atom. The van der Waals surface area contributed by atoms with Crippen molar-refractivity contribution >= 4 is 35.0 Å². The average molecular weight is 413 g/mol. The van der Waals surface area contributed by atoms with E-state index in [1.54, 1.807) is 32.4 Å². The number of rotatable bonds is 8. The molecule has 2 aromatic rings. The van der Waals surface area contributed by atoms with Gasteiger partial charge in [0, 0.05) is 6.08 Å². The maximum Gasteiger partial charge on any atom is 0.250 e. The molecule has 7 heteroatoms. The number of ether oxygens (including phenoxy) is 3. The van der Waals surface area contributed by atoms with Gasteiger partial charge in [-0.3, -0.25) is 10.1 Å². The molecule has 0 radical (unpaired) electrons. The van der Waals surface area contributed by atoms with Gasteiger partial charge in [0.25, 0.3) is 0 Å². The van der Waals surface area contributed by atoms with Crippen LogP contribution in [0.3, 0.4) is 0 Å². The molecule has 0 aromatic heterocycles. The summed E-state index contributed by atoms with van der Waals surface area (Å²) in [4.78, 5) is 12.2. The number of carbonyl (C=O) groups is 1. The van der Waals surface area contributed by atoms with Crippen LogP contribution in [0.4, 0.5) is 5.69 Å². The third kappa shape index (κ3) is 6.97. The van der Waals surface area contributed by atoms with E-state index in [0.29, 0.717) is 29.5 Å². The van der Waals surface area contributed by atoms with Gasteiger partial charge in [-0.05, 0) is 60.6 Å². The average Bonchev–Trinajstić information content (AvgIpc) is 2.71. The highest BCUT2D eigenvalue weighted by Crippen LogP contribution is 2.28. The fourth-order valence-electron chi connectivity index (χ4n) is 2.33. The van der Waals surface area contributed by atoms with Crippen molar-refractivity contribution in [3.63, 3.8) is 0 Å². The molecule has 0 atom stereocenters. The molecule has 0 saturated carbocycles. The van der Waals surface area contributed by atoms with Crippen molar-refractivity contribution in [2.24, 2.45) is 0 Å². The van der Waals surface area contributed by atoms with E-state index >= 15 is 0 Å². The van der Waals surface area contributed by atoms with Gasteiger partial charge in [0.15, 0.2) is 16.6 Å². The quantitative estimate of drug-likeness (QED) is 0.385. The van der Waals surface area contributed by atoms with E-state index in [2.05, 4.69) is 17.2 Å². The van der Waals surface area contributed by atoms with Gasteiger partial charge in [-0.1, -0.05) is 24.8 Å². The van der Waals surface area contributed by atoms with E-state index in [4.69, 9.17) is 26.4 Å². The first-order chi connectivity index (χ1) is 13.9. The summed E-state index contributed by atoms with van der Waals surface area (Å²) < 4.78 is 16.1. The maximum atomic E-state index is 12.2. The van der Waals surface area contributed by atoms with Crippen LogP contribution in [0.5, 0.6) is 17.2 Å². The van der Waals surface area contributed by atoms with Crippen molar-refractivity contribution in [3.05, 3.63) is 66.3 Å². The number of anilines is 1. The lowest BCUT2D eigenvalue weighted by molar-refractivity contribution is -0.115. The highest BCUT2D eigenvalue weighted by Gasteiger charge is 2.07. The lowest BCUT2D eigenvalue weighted by Crippen LogP contribution is -2.32. The van der Waals surface area contributed by atoms with E-state index in [1.165, 1.54) is 6.08 Å². The van der Waals surface area contributed by atoms with Gasteiger partial charge in [0.2, 0.25) is 5.91 Å². The van der Waals surface area contributed by atoms with Gasteiger partial charge in [0.1, 0.15) is 12.4 Å². The number of nitrogens with one attached hydrogen (secondary N) is 2. The summed E-state index contributed by atoms with van der Waals surface area (Å²) >= 11 is 5.22. The molecule has 2 N–H and O–H groups in total. The van der Waals surface area contributed by atoms with Crippen LogP contribution in [-0.2, 0) is 4.79 Å². The number of hydrogen-bond donors (Lipinski definition) is 2. The molecular weight excluding hydrogens is 388 g/mol. The lowest BCUT2D eigenvalue weighted by atomic mass is 10.2. The first-order valence-corrected chi connectivity index (χ1v) is 9.22. The van der Waals surface area contributed by atoms with Crippen molar-refractivity contribution in [2.45, 2.75) is 6.92 Å².